The van der Waals surface area contributed by atoms with E-state index in [0.29, 0.717) is 13.1 Å². The Bertz CT molecular complexity index is 906. The van der Waals surface area contributed by atoms with Crippen LogP contribution in [0.5, 0.6) is 0 Å². The van der Waals surface area contributed by atoms with E-state index in [0.717, 1.165) is 23.7 Å². The van der Waals surface area contributed by atoms with E-state index in [1.54, 1.807) is 0 Å². The standard InChI is InChI=1S/C22H25N3O2S/c1-15-6-5-8-18(16(15)2)24-10-12-25(13-11-24)21(26)14-20-22(27)23-17-7-3-4-9-19(17)28-20/h3-9,20H,10-14H2,1-2H3,(H,23,27). The highest BCUT2D eigenvalue weighted by Crippen LogP contribution is 2.36. The van der Waals surface area contributed by atoms with E-state index in [1.807, 2.05) is 29.2 Å². The highest BCUT2D eigenvalue weighted by Gasteiger charge is 2.31. The number of anilines is 2. The molecule has 6 heteroatoms. The summed E-state index contributed by atoms with van der Waals surface area (Å²) in [5.41, 5.74) is 4.68. The van der Waals surface area contributed by atoms with Crippen molar-refractivity contribution in [1.82, 2.24) is 4.90 Å². The first-order valence-electron chi connectivity index (χ1n) is 9.68. The number of rotatable bonds is 3. The number of para-hydroxylation sites is 1. The van der Waals surface area contributed by atoms with Crippen molar-refractivity contribution in [3.8, 4) is 0 Å². The van der Waals surface area contributed by atoms with Gasteiger partial charge in [-0.15, -0.1) is 11.8 Å². The van der Waals surface area contributed by atoms with E-state index in [4.69, 9.17) is 0 Å². The van der Waals surface area contributed by atoms with E-state index in [9.17, 15) is 9.59 Å². The van der Waals surface area contributed by atoms with Crippen LogP contribution >= 0.6 is 11.8 Å². The zero-order valence-electron chi connectivity index (χ0n) is 16.3. The molecule has 1 unspecified atom stereocenters. The maximum atomic E-state index is 12.8. The third kappa shape index (κ3) is 3.74. The molecule has 2 aliphatic heterocycles. The summed E-state index contributed by atoms with van der Waals surface area (Å²) in [5.74, 6) is -0.0151. The van der Waals surface area contributed by atoms with Crippen LogP contribution in [0.2, 0.25) is 0 Å². The second-order valence-electron chi connectivity index (χ2n) is 7.38. The smallest absolute Gasteiger partial charge is 0.238 e. The molecule has 0 spiro atoms. The summed E-state index contributed by atoms with van der Waals surface area (Å²) in [7, 11) is 0. The summed E-state index contributed by atoms with van der Waals surface area (Å²) >= 11 is 1.49. The van der Waals surface area contributed by atoms with Crippen LogP contribution in [0.1, 0.15) is 17.5 Å². The van der Waals surface area contributed by atoms with Crippen molar-refractivity contribution in [3.63, 3.8) is 0 Å². The first-order valence-corrected chi connectivity index (χ1v) is 10.6. The Balaban J connectivity index is 1.36. The van der Waals surface area contributed by atoms with Crippen LogP contribution < -0.4 is 10.2 Å². The van der Waals surface area contributed by atoms with Gasteiger partial charge >= 0.3 is 0 Å². The van der Waals surface area contributed by atoms with Crippen molar-refractivity contribution < 1.29 is 9.59 Å². The zero-order valence-corrected chi connectivity index (χ0v) is 17.1. The van der Waals surface area contributed by atoms with Crippen LogP contribution in [0.4, 0.5) is 11.4 Å². The lowest BCUT2D eigenvalue weighted by Gasteiger charge is -2.37. The summed E-state index contributed by atoms with van der Waals surface area (Å²) in [5, 5.41) is 2.56. The van der Waals surface area contributed by atoms with E-state index < -0.39 is 0 Å². The Morgan fingerprint density at radius 3 is 2.61 bits per heavy atom. The summed E-state index contributed by atoms with van der Waals surface area (Å²) in [6, 6.07) is 14.1. The summed E-state index contributed by atoms with van der Waals surface area (Å²) in [6.07, 6.45) is 0.244. The zero-order chi connectivity index (χ0) is 19.7. The second kappa shape index (κ2) is 7.87. The Labute approximate surface area is 170 Å². The molecule has 4 rings (SSSR count). The van der Waals surface area contributed by atoms with Crippen LogP contribution in [0.3, 0.4) is 0 Å². The fourth-order valence-corrected chi connectivity index (χ4v) is 4.89. The van der Waals surface area contributed by atoms with Crippen LogP contribution in [0.15, 0.2) is 47.4 Å². The fraction of sp³-hybridized carbons (Fsp3) is 0.364. The lowest BCUT2D eigenvalue weighted by molar-refractivity contribution is -0.132. The molecule has 28 heavy (non-hydrogen) atoms. The maximum Gasteiger partial charge on any atom is 0.238 e. The molecule has 1 N–H and O–H groups in total. The Morgan fingerprint density at radius 1 is 1.07 bits per heavy atom. The van der Waals surface area contributed by atoms with Gasteiger partial charge in [-0.05, 0) is 43.2 Å². The largest absolute Gasteiger partial charge is 0.368 e. The third-order valence-electron chi connectivity index (χ3n) is 5.62. The quantitative estimate of drug-likeness (QED) is 0.865. The van der Waals surface area contributed by atoms with Gasteiger partial charge in [0.15, 0.2) is 0 Å². The van der Waals surface area contributed by atoms with Crippen LogP contribution in [0, 0.1) is 13.8 Å². The number of carbonyl (C=O) groups is 2. The number of nitrogens with zero attached hydrogens (tertiary/aromatic N) is 2. The number of carbonyl (C=O) groups excluding carboxylic acids is 2. The van der Waals surface area contributed by atoms with Crippen molar-refractivity contribution in [1.29, 1.82) is 0 Å². The number of fused-ring (bicyclic) bond motifs is 1. The van der Waals surface area contributed by atoms with Gasteiger partial charge in [0.05, 0.1) is 10.9 Å². The average molecular weight is 396 g/mol. The molecule has 2 amide bonds. The number of hydrogen-bond acceptors (Lipinski definition) is 4. The molecule has 1 fully saturated rings. The highest BCUT2D eigenvalue weighted by atomic mass is 32.2. The number of benzene rings is 2. The minimum Gasteiger partial charge on any atom is -0.368 e. The van der Waals surface area contributed by atoms with Crippen molar-refractivity contribution in [3.05, 3.63) is 53.6 Å². The van der Waals surface area contributed by atoms with Gasteiger partial charge in [-0.25, -0.2) is 0 Å². The summed E-state index contributed by atoms with van der Waals surface area (Å²) in [6.45, 7) is 7.32. The van der Waals surface area contributed by atoms with Gasteiger partial charge in [0.2, 0.25) is 11.8 Å². The first kappa shape index (κ1) is 18.9. The molecule has 0 saturated carbocycles. The lowest BCUT2D eigenvalue weighted by Crippen LogP contribution is -2.50. The Hall–Kier alpha value is -2.47. The van der Waals surface area contributed by atoms with Crippen molar-refractivity contribution in [2.24, 2.45) is 0 Å². The molecule has 5 nitrogen and oxygen atoms in total. The van der Waals surface area contributed by atoms with Gasteiger partial charge in [-0.1, -0.05) is 24.3 Å². The van der Waals surface area contributed by atoms with Crippen molar-refractivity contribution in [2.75, 3.05) is 36.4 Å². The molecular formula is C22H25N3O2S. The van der Waals surface area contributed by atoms with Crippen LogP contribution in [-0.2, 0) is 9.59 Å². The molecule has 1 saturated heterocycles. The van der Waals surface area contributed by atoms with E-state index in [2.05, 4.69) is 42.3 Å². The molecule has 0 aromatic heterocycles. The van der Waals surface area contributed by atoms with E-state index in [-0.39, 0.29) is 23.5 Å². The molecule has 146 valence electrons. The van der Waals surface area contributed by atoms with Gasteiger partial charge in [0.1, 0.15) is 0 Å². The monoisotopic (exact) mass is 395 g/mol. The normalized spacial score (nSPS) is 19.2. The maximum absolute atomic E-state index is 12.8. The summed E-state index contributed by atoms with van der Waals surface area (Å²) < 4.78 is 0. The number of amides is 2. The molecule has 0 radical (unpaired) electrons. The topological polar surface area (TPSA) is 52.6 Å². The molecule has 2 aromatic rings. The first-order chi connectivity index (χ1) is 13.5. The summed E-state index contributed by atoms with van der Waals surface area (Å²) in [4.78, 5) is 30.5. The number of thioether (sulfide) groups is 1. The number of nitrogens with one attached hydrogen (secondary N) is 1. The van der Waals surface area contributed by atoms with Crippen LogP contribution in [0.25, 0.3) is 0 Å². The van der Waals surface area contributed by atoms with Gasteiger partial charge in [0.25, 0.3) is 0 Å². The molecule has 1 atom stereocenters. The van der Waals surface area contributed by atoms with Crippen molar-refractivity contribution in [2.45, 2.75) is 30.4 Å². The molecule has 0 aliphatic carbocycles. The molecule has 2 aliphatic rings. The van der Waals surface area contributed by atoms with Gasteiger partial charge in [0, 0.05) is 43.2 Å². The lowest BCUT2D eigenvalue weighted by atomic mass is 10.1. The fourth-order valence-electron chi connectivity index (χ4n) is 3.79. The molecular weight excluding hydrogens is 370 g/mol. The average Bonchev–Trinajstić information content (AvgIpc) is 2.71. The van der Waals surface area contributed by atoms with Gasteiger partial charge in [-0.2, -0.15) is 0 Å². The minimum absolute atomic E-state index is 0.0626. The number of piperazine rings is 1. The molecule has 2 aromatic carbocycles. The SMILES string of the molecule is Cc1cccc(N2CCN(C(=O)CC3Sc4ccccc4NC3=O)CC2)c1C. The minimum atomic E-state index is -0.362. The Morgan fingerprint density at radius 2 is 1.82 bits per heavy atom. The predicted molar refractivity (Wildman–Crippen MR) is 114 cm³/mol. The van der Waals surface area contributed by atoms with Gasteiger partial charge in [-0.3, -0.25) is 9.59 Å². The molecule has 2 heterocycles. The van der Waals surface area contributed by atoms with Crippen molar-refractivity contribution >= 4 is 35.0 Å². The second-order valence-corrected chi connectivity index (χ2v) is 8.63. The van der Waals surface area contributed by atoms with E-state index in [1.165, 1.54) is 28.6 Å². The van der Waals surface area contributed by atoms with E-state index >= 15 is 0 Å². The predicted octanol–water partition coefficient (Wildman–Crippen LogP) is 3.46. The number of hydrogen-bond donors (Lipinski definition) is 1. The highest BCUT2D eigenvalue weighted by molar-refractivity contribution is 8.01. The van der Waals surface area contributed by atoms with Gasteiger partial charge < -0.3 is 15.1 Å². The molecule has 0 bridgehead atoms. The third-order valence-corrected chi connectivity index (χ3v) is 6.89. The van der Waals surface area contributed by atoms with Crippen LogP contribution in [-0.4, -0.2) is 48.1 Å². The number of aryl methyl sites for hydroxylation is 1. The Kier molecular flexibility index (Phi) is 5.31.